The lowest BCUT2D eigenvalue weighted by atomic mass is 10.0. The maximum atomic E-state index is 12.8. The molecule has 2 aliphatic heterocycles. The Hall–Kier alpha value is -0.693. The second-order valence-electron chi connectivity index (χ2n) is 8.46. The summed E-state index contributed by atoms with van der Waals surface area (Å²) in [6.07, 6.45) is 2.22. The van der Waals surface area contributed by atoms with Gasteiger partial charge in [0, 0.05) is 50.4 Å². The Morgan fingerprint density at radius 1 is 1.32 bits per heavy atom. The van der Waals surface area contributed by atoms with Gasteiger partial charge in [-0.2, -0.15) is 0 Å². The van der Waals surface area contributed by atoms with Crippen LogP contribution in [0, 0.1) is 0 Å². The van der Waals surface area contributed by atoms with E-state index in [0.717, 1.165) is 54.7 Å². The van der Waals surface area contributed by atoms with Crippen molar-refractivity contribution in [2.45, 2.75) is 51.1 Å². The fraction of sp³-hybridized carbons (Fsp3) is 0.632. The zero-order valence-corrected chi connectivity index (χ0v) is 18.1. The Morgan fingerprint density at radius 3 is 2.88 bits per heavy atom. The van der Waals surface area contributed by atoms with Gasteiger partial charge in [-0.05, 0) is 42.6 Å². The summed E-state index contributed by atoms with van der Waals surface area (Å²) in [7, 11) is -1.03. The molecule has 0 bridgehead atoms. The van der Waals surface area contributed by atoms with Crippen molar-refractivity contribution >= 4 is 29.9 Å². The number of nitrogens with zero attached hydrogens (tertiary/aromatic N) is 2. The molecule has 3 rings (SSSR count). The molecule has 0 N–H and O–H groups in total. The van der Waals surface area contributed by atoms with Gasteiger partial charge in [-0.25, -0.2) is 0 Å². The second kappa shape index (κ2) is 7.90. The molecule has 1 unspecified atom stereocenters. The largest absolute Gasteiger partial charge is 0.366 e. The third-order valence-corrected chi connectivity index (χ3v) is 7.29. The Bertz CT molecular complexity index is 632. The van der Waals surface area contributed by atoms with Crippen LogP contribution in [0.1, 0.15) is 28.8 Å². The van der Waals surface area contributed by atoms with Crippen molar-refractivity contribution in [1.29, 1.82) is 0 Å². The molecular formula is C19H29BrN2O2Si. The smallest absolute Gasteiger partial charge is 0.254 e. The number of hydrogen-bond donors (Lipinski definition) is 0. The molecule has 2 heterocycles. The highest BCUT2D eigenvalue weighted by Gasteiger charge is 2.34. The van der Waals surface area contributed by atoms with Gasteiger partial charge in [0.1, 0.15) is 0 Å². The highest BCUT2D eigenvalue weighted by atomic mass is 79.9. The number of hydrogen-bond acceptors (Lipinski definition) is 3. The third kappa shape index (κ3) is 4.93. The first-order valence-electron chi connectivity index (χ1n) is 9.23. The maximum Gasteiger partial charge on any atom is 0.254 e. The summed E-state index contributed by atoms with van der Waals surface area (Å²) in [5, 5.41) is 0. The lowest BCUT2D eigenvalue weighted by molar-refractivity contribution is 0.000665. The molecular weight excluding hydrogens is 396 g/mol. The molecule has 0 aliphatic carbocycles. The van der Waals surface area contributed by atoms with Crippen LogP contribution in [0.5, 0.6) is 0 Å². The van der Waals surface area contributed by atoms with Crippen LogP contribution < -0.4 is 0 Å². The fourth-order valence-corrected chi connectivity index (χ4v) is 4.75. The van der Waals surface area contributed by atoms with E-state index < -0.39 is 8.07 Å². The van der Waals surface area contributed by atoms with Crippen molar-refractivity contribution in [3.63, 3.8) is 0 Å². The van der Waals surface area contributed by atoms with Crippen LogP contribution in [0.15, 0.2) is 22.7 Å². The van der Waals surface area contributed by atoms with Crippen LogP contribution in [0.4, 0.5) is 0 Å². The Labute approximate surface area is 160 Å². The number of benzene rings is 1. The number of piperidine rings is 1. The van der Waals surface area contributed by atoms with Crippen molar-refractivity contribution in [2.24, 2.45) is 0 Å². The Balaban J connectivity index is 1.53. The lowest BCUT2D eigenvalue weighted by Gasteiger charge is -2.37. The molecule has 0 radical (unpaired) electrons. The number of amides is 1. The summed E-state index contributed by atoms with van der Waals surface area (Å²) in [5.74, 6) is 0.189. The molecule has 0 saturated carbocycles. The minimum atomic E-state index is -1.03. The molecule has 1 atom stereocenters. The third-order valence-electron chi connectivity index (χ3n) is 5.09. The van der Waals surface area contributed by atoms with Crippen LogP contribution in [-0.4, -0.2) is 56.2 Å². The molecule has 1 fully saturated rings. The first-order chi connectivity index (χ1) is 11.8. The molecule has 1 aromatic carbocycles. The van der Waals surface area contributed by atoms with Crippen molar-refractivity contribution in [3.8, 4) is 0 Å². The number of halogens is 1. The van der Waals surface area contributed by atoms with Gasteiger partial charge < -0.3 is 9.64 Å². The summed E-state index contributed by atoms with van der Waals surface area (Å²) in [6.45, 7) is 11.4. The molecule has 1 amide bonds. The molecule has 1 saturated heterocycles. The van der Waals surface area contributed by atoms with Gasteiger partial charge in [0.05, 0.1) is 6.73 Å². The summed E-state index contributed by atoms with van der Waals surface area (Å²) < 4.78 is 6.96. The number of carbonyl (C=O) groups is 1. The quantitative estimate of drug-likeness (QED) is 0.506. The van der Waals surface area contributed by atoms with E-state index in [2.05, 4.69) is 51.4 Å². The van der Waals surface area contributed by atoms with Gasteiger partial charge in [0.25, 0.3) is 5.91 Å². The first kappa shape index (κ1) is 19.1. The monoisotopic (exact) mass is 424 g/mol. The van der Waals surface area contributed by atoms with Crippen molar-refractivity contribution in [1.82, 2.24) is 9.80 Å². The highest BCUT2D eigenvalue weighted by Crippen LogP contribution is 2.30. The maximum absolute atomic E-state index is 12.8. The fourth-order valence-electron chi connectivity index (χ4n) is 3.58. The van der Waals surface area contributed by atoms with E-state index in [1.165, 1.54) is 6.04 Å². The Kier molecular flexibility index (Phi) is 6.03. The number of ether oxygens (including phenoxy) is 1. The second-order valence-corrected chi connectivity index (χ2v) is 15.0. The average Bonchev–Trinajstić information content (AvgIpc) is 2.87. The molecule has 25 heavy (non-hydrogen) atoms. The van der Waals surface area contributed by atoms with Crippen molar-refractivity contribution in [2.75, 3.05) is 26.4 Å². The van der Waals surface area contributed by atoms with E-state index in [1.54, 1.807) is 0 Å². The standard InChI is InChI=1S/C19H29BrN2O2Si/c1-25(2,3)10-9-24-14-21-8-4-5-17(13-21)22-12-15-11-16(20)6-7-18(15)19(22)23/h6-7,11,17H,4-5,8-10,12-14H2,1-3H3. The highest BCUT2D eigenvalue weighted by molar-refractivity contribution is 9.10. The number of fused-ring (bicyclic) bond motifs is 1. The summed E-state index contributed by atoms with van der Waals surface area (Å²) in [5.41, 5.74) is 2.01. The SMILES string of the molecule is C[Si](C)(C)CCOCN1CCCC(N2Cc3cc(Br)ccc3C2=O)C1. The lowest BCUT2D eigenvalue weighted by Crippen LogP contribution is -2.48. The summed E-state index contributed by atoms with van der Waals surface area (Å²) in [6, 6.07) is 7.49. The normalized spacial score (nSPS) is 21.7. The molecule has 6 heteroatoms. The van der Waals surface area contributed by atoms with E-state index in [9.17, 15) is 4.79 Å². The molecule has 138 valence electrons. The van der Waals surface area contributed by atoms with Crippen LogP contribution in [0.25, 0.3) is 0 Å². The minimum absolute atomic E-state index is 0.189. The summed E-state index contributed by atoms with van der Waals surface area (Å²) >= 11 is 3.51. The Morgan fingerprint density at radius 2 is 2.12 bits per heavy atom. The average molecular weight is 425 g/mol. The predicted molar refractivity (Wildman–Crippen MR) is 108 cm³/mol. The van der Waals surface area contributed by atoms with Gasteiger partial charge in [0.15, 0.2) is 0 Å². The van der Waals surface area contributed by atoms with Gasteiger partial charge in [-0.15, -0.1) is 0 Å². The zero-order chi connectivity index (χ0) is 18.0. The molecule has 1 aromatic rings. The zero-order valence-electron chi connectivity index (χ0n) is 15.6. The van der Waals surface area contributed by atoms with Gasteiger partial charge in [0.2, 0.25) is 0 Å². The predicted octanol–water partition coefficient (Wildman–Crippen LogP) is 4.18. The van der Waals surface area contributed by atoms with E-state index in [0.29, 0.717) is 12.8 Å². The van der Waals surface area contributed by atoms with Crippen LogP contribution >= 0.6 is 15.9 Å². The molecule has 0 aromatic heterocycles. The van der Waals surface area contributed by atoms with Gasteiger partial charge >= 0.3 is 0 Å². The van der Waals surface area contributed by atoms with E-state index >= 15 is 0 Å². The van der Waals surface area contributed by atoms with Gasteiger partial charge in [-0.1, -0.05) is 35.6 Å². The number of rotatable bonds is 6. The van der Waals surface area contributed by atoms with Crippen molar-refractivity contribution < 1.29 is 9.53 Å². The minimum Gasteiger partial charge on any atom is -0.366 e. The van der Waals surface area contributed by atoms with Crippen LogP contribution in [0.2, 0.25) is 25.7 Å². The van der Waals surface area contributed by atoms with E-state index in [-0.39, 0.29) is 5.91 Å². The molecule has 2 aliphatic rings. The van der Waals surface area contributed by atoms with Gasteiger partial charge in [-0.3, -0.25) is 9.69 Å². The topological polar surface area (TPSA) is 32.8 Å². The van der Waals surface area contributed by atoms with Crippen molar-refractivity contribution in [3.05, 3.63) is 33.8 Å². The first-order valence-corrected chi connectivity index (χ1v) is 13.7. The number of likely N-dealkylation sites (tertiary alicyclic amines) is 1. The van der Waals surface area contributed by atoms with E-state index in [4.69, 9.17) is 4.74 Å². The number of carbonyl (C=O) groups excluding carboxylic acids is 1. The van der Waals surface area contributed by atoms with Crippen LogP contribution in [0.3, 0.4) is 0 Å². The van der Waals surface area contributed by atoms with Crippen LogP contribution in [-0.2, 0) is 11.3 Å². The van der Waals surface area contributed by atoms with E-state index in [1.807, 2.05) is 12.1 Å². The molecule has 0 spiro atoms. The summed E-state index contributed by atoms with van der Waals surface area (Å²) in [4.78, 5) is 17.2. The molecule has 4 nitrogen and oxygen atoms in total.